The zero-order valence-electron chi connectivity index (χ0n) is 20.0. The quantitative estimate of drug-likeness (QED) is 0.450. The van der Waals surface area contributed by atoms with Gasteiger partial charge in [-0.3, -0.25) is 0 Å². The van der Waals surface area contributed by atoms with E-state index in [1.807, 2.05) is 49.7 Å². The summed E-state index contributed by atoms with van der Waals surface area (Å²) in [4.78, 5) is 9.21. The molecule has 0 unspecified atom stereocenters. The third-order valence-electron chi connectivity index (χ3n) is 5.52. The van der Waals surface area contributed by atoms with Gasteiger partial charge in [-0.1, -0.05) is 12.1 Å². The first-order valence-corrected chi connectivity index (χ1v) is 13.0. The number of anilines is 1. The summed E-state index contributed by atoms with van der Waals surface area (Å²) in [6, 6.07) is 7.82. The Bertz CT molecular complexity index is 1210. The molecule has 180 valence electrons. The molecule has 0 aliphatic rings. The second-order valence-electron chi connectivity index (χ2n) is 8.10. The maximum atomic E-state index is 11.8. The lowest BCUT2D eigenvalue weighted by atomic mass is 10.2. The highest BCUT2D eigenvalue weighted by Crippen LogP contribution is 2.27. The lowest BCUT2D eigenvalue weighted by molar-refractivity contribution is 0.125. The predicted octanol–water partition coefficient (Wildman–Crippen LogP) is 2.75. The summed E-state index contributed by atoms with van der Waals surface area (Å²) in [5, 5.41) is 2.10. The van der Waals surface area contributed by atoms with Crippen LogP contribution in [0.25, 0.3) is 11.0 Å². The lowest BCUT2D eigenvalue weighted by Gasteiger charge is -2.29. The Labute approximate surface area is 195 Å². The Balaban J connectivity index is 2.12. The molecule has 0 amide bonds. The number of methoxy groups -OCH3 is 1. The molecule has 10 heteroatoms. The Hall–Kier alpha value is -2.85. The smallest absolute Gasteiger partial charge is 0.154 e. The largest absolute Gasteiger partial charge is 0.497 e. The van der Waals surface area contributed by atoms with Crippen molar-refractivity contribution in [3.05, 3.63) is 46.9 Å². The van der Waals surface area contributed by atoms with Crippen molar-refractivity contribution in [3.63, 3.8) is 0 Å². The average molecular weight is 476 g/mol. The van der Waals surface area contributed by atoms with Gasteiger partial charge in [0.2, 0.25) is 0 Å². The molecule has 0 fully saturated rings. The number of ether oxygens (including phenoxy) is 2. The molecule has 1 aromatic carbocycles. The first-order chi connectivity index (χ1) is 15.6. The van der Waals surface area contributed by atoms with Crippen LogP contribution in [0.3, 0.4) is 0 Å². The predicted molar refractivity (Wildman–Crippen MR) is 131 cm³/mol. The topological polar surface area (TPSA) is 113 Å². The van der Waals surface area contributed by atoms with E-state index in [1.54, 1.807) is 7.11 Å². The molecule has 0 radical (unpaired) electrons. The van der Waals surface area contributed by atoms with E-state index in [2.05, 4.69) is 9.99 Å². The summed E-state index contributed by atoms with van der Waals surface area (Å²) in [5.41, 5.74) is 10.6. The van der Waals surface area contributed by atoms with Crippen LogP contribution in [0.4, 0.5) is 5.82 Å². The molecule has 9 nitrogen and oxygen atoms in total. The summed E-state index contributed by atoms with van der Waals surface area (Å²) in [6.45, 7) is 7.73. The molecule has 2 aromatic heterocycles. The standard InChI is InChI=1S/C23H33N5O4S/c1-6-32-15-20-26-21-22(16(2)17(3)25-23(21)24)28(20)27(12-7-13-33(5,29)30)14-18-8-10-19(31-4)11-9-18/h8-11H,6-7,12-15H2,1-5H3,(H2,24,25). The molecule has 3 aromatic rings. The lowest BCUT2D eigenvalue weighted by Crippen LogP contribution is -2.37. The van der Waals surface area contributed by atoms with Crippen LogP contribution in [0.1, 0.15) is 36.0 Å². The maximum absolute atomic E-state index is 11.8. The fraction of sp³-hybridized carbons (Fsp3) is 0.478. The van der Waals surface area contributed by atoms with E-state index in [9.17, 15) is 8.42 Å². The van der Waals surface area contributed by atoms with Crippen molar-refractivity contribution >= 4 is 26.7 Å². The summed E-state index contributed by atoms with van der Waals surface area (Å²) >= 11 is 0. The van der Waals surface area contributed by atoms with Crippen LogP contribution < -0.4 is 15.5 Å². The van der Waals surface area contributed by atoms with Gasteiger partial charge in [0.25, 0.3) is 0 Å². The van der Waals surface area contributed by atoms with E-state index >= 15 is 0 Å². The van der Waals surface area contributed by atoms with E-state index in [4.69, 9.17) is 20.2 Å². The third-order valence-corrected chi connectivity index (χ3v) is 6.55. The fourth-order valence-electron chi connectivity index (χ4n) is 3.75. The minimum Gasteiger partial charge on any atom is -0.497 e. The normalized spacial score (nSPS) is 11.8. The van der Waals surface area contributed by atoms with Gasteiger partial charge in [0.05, 0.1) is 24.9 Å². The first-order valence-electron chi connectivity index (χ1n) is 10.9. The average Bonchev–Trinajstić information content (AvgIpc) is 3.15. The molecule has 3 rings (SSSR count). The number of fused-ring (bicyclic) bond motifs is 1. The van der Waals surface area contributed by atoms with Gasteiger partial charge >= 0.3 is 0 Å². The molecular weight excluding hydrogens is 442 g/mol. The molecule has 0 atom stereocenters. The molecule has 0 saturated carbocycles. The van der Waals surface area contributed by atoms with E-state index in [-0.39, 0.29) is 5.75 Å². The highest BCUT2D eigenvalue weighted by atomic mass is 32.2. The van der Waals surface area contributed by atoms with E-state index in [0.717, 1.165) is 28.1 Å². The molecular formula is C23H33N5O4S. The van der Waals surface area contributed by atoms with Gasteiger partial charge in [-0.05, 0) is 50.5 Å². The molecule has 0 saturated heterocycles. The summed E-state index contributed by atoms with van der Waals surface area (Å²) in [7, 11) is -1.45. The Morgan fingerprint density at radius 2 is 1.85 bits per heavy atom. The number of hydrogen-bond donors (Lipinski definition) is 1. The van der Waals surface area contributed by atoms with Crippen molar-refractivity contribution in [1.82, 2.24) is 14.6 Å². The van der Waals surface area contributed by atoms with Gasteiger partial charge in [0, 0.05) is 25.1 Å². The van der Waals surface area contributed by atoms with Crippen molar-refractivity contribution in [2.75, 3.05) is 43.0 Å². The monoisotopic (exact) mass is 475 g/mol. The van der Waals surface area contributed by atoms with Crippen LogP contribution in [0.2, 0.25) is 0 Å². The molecule has 2 N–H and O–H groups in total. The Morgan fingerprint density at radius 3 is 2.45 bits per heavy atom. The number of aryl methyl sites for hydroxylation is 2. The number of imidazole rings is 1. The van der Waals surface area contributed by atoms with Crippen molar-refractivity contribution in [2.45, 2.75) is 40.3 Å². The first kappa shape index (κ1) is 24.8. The number of nitrogen functional groups attached to an aromatic ring is 1. The van der Waals surface area contributed by atoms with Gasteiger partial charge in [-0.25, -0.2) is 23.1 Å². The highest BCUT2D eigenvalue weighted by molar-refractivity contribution is 7.90. The minimum atomic E-state index is -3.08. The second-order valence-corrected chi connectivity index (χ2v) is 10.4. The number of pyridine rings is 1. The molecule has 0 bridgehead atoms. The number of sulfone groups is 1. The molecule has 33 heavy (non-hydrogen) atoms. The minimum absolute atomic E-state index is 0.0985. The van der Waals surface area contributed by atoms with Gasteiger partial charge < -0.3 is 20.2 Å². The van der Waals surface area contributed by atoms with E-state index < -0.39 is 9.84 Å². The van der Waals surface area contributed by atoms with Crippen LogP contribution in [-0.2, 0) is 27.7 Å². The van der Waals surface area contributed by atoms with Crippen LogP contribution in [0.15, 0.2) is 24.3 Å². The van der Waals surface area contributed by atoms with E-state index in [0.29, 0.717) is 49.9 Å². The van der Waals surface area contributed by atoms with Crippen LogP contribution in [0.5, 0.6) is 5.75 Å². The number of aromatic nitrogens is 3. The summed E-state index contributed by atoms with van der Waals surface area (Å²) < 4.78 is 36.6. The zero-order chi connectivity index (χ0) is 24.2. The summed E-state index contributed by atoms with van der Waals surface area (Å²) in [6.07, 6.45) is 1.73. The van der Waals surface area contributed by atoms with Crippen LogP contribution in [-0.4, -0.2) is 55.3 Å². The molecule has 0 spiro atoms. The number of rotatable bonds is 11. The number of hydrogen-bond acceptors (Lipinski definition) is 8. The van der Waals surface area contributed by atoms with Gasteiger partial charge in [-0.15, -0.1) is 0 Å². The Kier molecular flexibility index (Phi) is 7.80. The number of nitrogens with zero attached hydrogens (tertiary/aromatic N) is 4. The molecule has 0 aliphatic carbocycles. The highest BCUT2D eigenvalue weighted by Gasteiger charge is 2.22. The van der Waals surface area contributed by atoms with Crippen molar-refractivity contribution < 1.29 is 17.9 Å². The van der Waals surface area contributed by atoms with Crippen LogP contribution in [0, 0.1) is 13.8 Å². The van der Waals surface area contributed by atoms with Gasteiger partial charge in [0.15, 0.2) is 11.6 Å². The third kappa shape index (κ3) is 5.94. The molecule has 0 aliphatic heterocycles. The summed E-state index contributed by atoms with van der Waals surface area (Å²) in [5.74, 6) is 1.94. The SMILES string of the molecule is CCOCc1nc2c(N)nc(C)c(C)c2n1N(CCCS(C)(=O)=O)Cc1ccc(OC)cc1. The van der Waals surface area contributed by atoms with Crippen molar-refractivity contribution in [3.8, 4) is 5.75 Å². The zero-order valence-corrected chi connectivity index (χ0v) is 20.8. The Morgan fingerprint density at radius 1 is 1.15 bits per heavy atom. The fourth-order valence-corrected chi connectivity index (χ4v) is 4.41. The molecule has 2 heterocycles. The van der Waals surface area contributed by atoms with Gasteiger partial charge in [0.1, 0.15) is 27.7 Å². The second kappa shape index (κ2) is 10.4. The van der Waals surface area contributed by atoms with Gasteiger partial charge in [-0.2, -0.15) is 0 Å². The van der Waals surface area contributed by atoms with Crippen LogP contribution >= 0.6 is 0 Å². The van der Waals surface area contributed by atoms with E-state index in [1.165, 1.54) is 6.26 Å². The number of benzene rings is 1. The van der Waals surface area contributed by atoms with Crippen molar-refractivity contribution in [1.29, 1.82) is 0 Å². The van der Waals surface area contributed by atoms with Crippen molar-refractivity contribution in [2.24, 2.45) is 0 Å². The number of nitrogens with two attached hydrogens (primary N) is 1. The maximum Gasteiger partial charge on any atom is 0.154 e.